The van der Waals surface area contributed by atoms with Gasteiger partial charge in [0.05, 0.1) is 24.4 Å². The number of aryl methyl sites for hydroxylation is 1. The van der Waals surface area contributed by atoms with Crippen LogP contribution in [-0.2, 0) is 0 Å². The summed E-state index contributed by atoms with van der Waals surface area (Å²) < 4.78 is 8.76. The Morgan fingerprint density at radius 2 is 2.12 bits per heavy atom. The van der Waals surface area contributed by atoms with E-state index in [-0.39, 0.29) is 17.2 Å². The predicted molar refractivity (Wildman–Crippen MR) is 87.7 cm³/mol. The largest absolute Gasteiger partial charge is 0.458 e. The van der Waals surface area contributed by atoms with Crippen molar-refractivity contribution in [3.63, 3.8) is 0 Å². The van der Waals surface area contributed by atoms with Crippen molar-refractivity contribution in [1.29, 1.82) is 0 Å². The lowest BCUT2D eigenvalue weighted by Gasteiger charge is -2.13. The fourth-order valence-corrected chi connectivity index (χ4v) is 2.67. The van der Waals surface area contributed by atoms with Crippen LogP contribution in [0.1, 0.15) is 25.6 Å². The van der Waals surface area contributed by atoms with Crippen LogP contribution in [0.15, 0.2) is 40.1 Å². The molecule has 0 saturated heterocycles. The quantitative estimate of drug-likeness (QED) is 0.624. The highest BCUT2D eigenvalue weighted by atomic mass is 16.3. The van der Waals surface area contributed by atoms with Gasteiger partial charge in [-0.3, -0.25) is 9.36 Å². The molecule has 24 heavy (non-hydrogen) atoms. The number of furan rings is 1. The van der Waals surface area contributed by atoms with Crippen molar-refractivity contribution in [2.24, 2.45) is 0 Å². The third kappa shape index (κ3) is 2.15. The highest BCUT2D eigenvalue weighted by Gasteiger charge is 2.20. The maximum Gasteiger partial charge on any atom is 0.297 e. The van der Waals surface area contributed by atoms with Crippen LogP contribution in [0.4, 0.5) is 0 Å². The van der Waals surface area contributed by atoms with Gasteiger partial charge in [-0.1, -0.05) is 0 Å². The number of rotatable bonds is 3. The topological polar surface area (TPSA) is 94.0 Å². The van der Waals surface area contributed by atoms with Crippen LogP contribution < -0.4 is 5.56 Å². The van der Waals surface area contributed by atoms with E-state index in [9.17, 15) is 4.79 Å². The Morgan fingerprint density at radius 1 is 1.29 bits per heavy atom. The van der Waals surface area contributed by atoms with E-state index in [1.54, 1.807) is 23.3 Å². The molecule has 0 aliphatic rings. The number of nitrogens with one attached hydrogen (secondary N) is 1. The zero-order valence-electron chi connectivity index (χ0n) is 13.5. The Hall–Kier alpha value is -3.16. The molecule has 4 aromatic rings. The Kier molecular flexibility index (Phi) is 3.12. The van der Waals surface area contributed by atoms with Gasteiger partial charge in [0.25, 0.3) is 5.56 Å². The van der Waals surface area contributed by atoms with Crippen LogP contribution in [0.25, 0.3) is 28.6 Å². The monoisotopic (exact) mass is 324 g/mol. The standard InChI is InChI=1S/C16H16N6O2/c1-9(2)22-14(13-5-4-10(3)24-13)20-21-7-12(11-6-17-8-18-11)19-15(21)16(22)23/h4-9H,1-3H3,(H,17,18). The van der Waals surface area contributed by atoms with Crippen molar-refractivity contribution >= 4 is 5.65 Å². The fraction of sp³-hybridized carbons (Fsp3) is 0.250. The SMILES string of the molecule is Cc1ccc(-c2nn3cc(-c4cnc[nH]4)nc3c(=O)n2C(C)C)o1. The molecule has 0 amide bonds. The first-order valence-corrected chi connectivity index (χ1v) is 7.62. The van der Waals surface area contributed by atoms with E-state index >= 15 is 0 Å². The molecular weight excluding hydrogens is 308 g/mol. The first kappa shape index (κ1) is 14.4. The van der Waals surface area contributed by atoms with Gasteiger partial charge in [-0.05, 0) is 32.9 Å². The van der Waals surface area contributed by atoms with Gasteiger partial charge in [0.1, 0.15) is 11.5 Å². The summed E-state index contributed by atoms with van der Waals surface area (Å²) in [5, 5.41) is 4.56. The molecule has 0 fully saturated rings. The Labute approximate surface area is 136 Å². The summed E-state index contributed by atoms with van der Waals surface area (Å²) in [5.41, 5.74) is 1.39. The predicted octanol–water partition coefficient (Wildman–Crippen LogP) is 2.43. The molecule has 1 N–H and O–H groups in total. The van der Waals surface area contributed by atoms with E-state index in [2.05, 4.69) is 20.1 Å². The van der Waals surface area contributed by atoms with E-state index in [1.165, 1.54) is 4.52 Å². The molecule has 0 aliphatic carbocycles. The smallest absolute Gasteiger partial charge is 0.297 e. The Morgan fingerprint density at radius 3 is 2.75 bits per heavy atom. The molecular formula is C16H16N6O2. The highest BCUT2D eigenvalue weighted by Crippen LogP contribution is 2.22. The molecule has 0 unspecified atom stereocenters. The highest BCUT2D eigenvalue weighted by molar-refractivity contribution is 5.58. The van der Waals surface area contributed by atoms with Crippen molar-refractivity contribution in [1.82, 2.24) is 29.1 Å². The number of imidazole rings is 2. The summed E-state index contributed by atoms with van der Waals surface area (Å²) in [7, 11) is 0. The maximum absolute atomic E-state index is 12.9. The average Bonchev–Trinajstić information content (AvgIpc) is 3.25. The normalized spacial score (nSPS) is 11.7. The molecule has 0 aliphatic heterocycles. The summed E-state index contributed by atoms with van der Waals surface area (Å²) in [4.78, 5) is 24.3. The first-order valence-electron chi connectivity index (χ1n) is 7.62. The molecule has 0 bridgehead atoms. The molecule has 0 spiro atoms. The minimum Gasteiger partial charge on any atom is -0.458 e. The maximum atomic E-state index is 12.9. The molecule has 8 heteroatoms. The number of aromatic amines is 1. The van der Waals surface area contributed by atoms with Crippen molar-refractivity contribution < 1.29 is 4.42 Å². The molecule has 0 radical (unpaired) electrons. The summed E-state index contributed by atoms with van der Waals surface area (Å²) >= 11 is 0. The molecule has 0 atom stereocenters. The third-order valence-corrected chi connectivity index (χ3v) is 3.78. The Balaban J connectivity index is 2.02. The van der Waals surface area contributed by atoms with Gasteiger partial charge >= 0.3 is 0 Å². The first-order chi connectivity index (χ1) is 11.5. The minimum absolute atomic E-state index is 0.0808. The van der Waals surface area contributed by atoms with Crippen LogP contribution in [-0.4, -0.2) is 29.1 Å². The lowest BCUT2D eigenvalue weighted by molar-refractivity contribution is 0.512. The second-order valence-electron chi connectivity index (χ2n) is 5.86. The van der Waals surface area contributed by atoms with Gasteiger partial charge in [0.15, 0.2) is 11.6 Å². The lowest BCUT2D eigenvalue weighted by atomic mass is 10.3. The van der Waals surface area contributed by atoms with Gasteiger partial charge in [0.2, 0.25) is 5.65 Å². The second kappa shape index (κ2) is 5.19. The summed E-state index contributed by atoms with van der Waals surface area (Å²) in [6.45, 7) is 5.71. The van der Waals surface area contributed by atoms with Gasteiger partial charge in [-0.25, -0.2) is 14.5 Å². The molecule has 0 aromatic carbocycles. The van der Waals surface area contributed by atoms with Gasteiger partial charge in [-0.2, -0.15) is 0 Å². The van der Waals surface area contributed by atoms with Gasteiger partial charge in [0, 0.05) is 6.04 Å². The number of hydrogen-bond acceptors (Lipinski definition) is 5. The van der Waals surface area contributed by atoms with Gasteiger partial charge in [-0.15, -0.1) is 5.10 Å². The second-order valence-corrected chi connectivity index (χ2v) is 5.86. The Bertz CT molecular complexity index is 1070. The number of H-pyrrole nitrogens is 1. The van der Waals surface area contributed by atoms with Crippen molar-refractivity contribution in [3.8, 4) is 23.0 Å². The van der Waals surface area contributed by atoms with Crippen molar-refractivity contribution in [3.05, 3.63) is 47.0 Å². The molecule has 4 aromatic heterocycles. The van der Waals surface area contributed by atoms with Crippen molar-refractivity contribution in [2.75, 3.05) is 0 Å². The summed E-state index contributed by atoms with van der Waals surface area (Å²) in [6, 6.07) is 3.58. The molecule has 0 saturated carbocycles. The fourth-order valence-electron chi connectivity index (χ4n) is 2.67. The molecule has 4 rings (SSSR count). The summed E-state index contributed by atoms with van der Waals surface area (Å²) in [5.74, 6) is 1.79. The van der Waals surface area contributed by atoms with E-state index in [0.29, 0.717) is 17.3 Å². The van der Waals surface area contributed by atoms with Crippen LogP contribution in [0.3, 0.4) is 0 Å². The van der Waals surface area contributed by atoms with E-state index in [1.807, 2.05) is 32.9 Å². The van der Waals surface area contributed by atoms with Crippen LogP contribution in [0.2, 0.25) is 0 Å². The van der Waals surface area contributed by atoms with Crippen LogP contribution in [0, 0.1) is 6.92 Å². The zero-order chi connectivity index (χ0) is 16.8. The molecule has 4 heterocycles. The van der Waals surface area contributed by atoms with E-state index < -0.39 is 0 Å². The van der Waals surface area contributed by atoms with E-state index in [0.717, 1.165) is 11.5 Å². The summed E-state index contributed by atoms with van der Waals surface area (Å²) in [6.07, 6.45) is 4.92. The van der Waals surface area contributed by atoms with Crippen LogP contribution >= 0.6 is 0 Å². The molecule has 122 valence electrons. The number of fused-ring (bicyclic) bond motifs is 1. The third-order valence-electron chi connectivity index (χ3n) is 3.78. The number of nitrogens with zero attached hydrogens (tertiary/aromatic N) is 5. The van der Waals surface area contributed by atoms with Crippen LogP contribution in [0.5, 0.6) is 0 Å². The average molecular weight is 324 g/mol. The van der Waals surface area contributed by atoms with E-state index in [4.69, 9.17) is 4.42 Å². The van der Waals surface area contributed by atoms with Crippen molar-refractivity contribution in [2.45, 2.75) is 26.8 Å². The lowest BCUT2D eigenvalue weighted by Crippen LogP contribution is -2.27. The number of hydrogen-bond donors (Lipinski definition) is 1. The minimum atomic E-state index is -0.213. The molecule has 8 nitrogen and oxygen atoms in total. The zero-order valence-corrected chi connectivity index (χ0v) is 13.5. The number of aromatic nitrogens is 6. The van der Waals surface area contributed by atoms with Gasteiger partial charge < -0.3 is 9.40 Å².